The van der Waals surface area contributed by atoms with Crippen molar-refractivity contribution in [2.24, 2.45) is 0 Å². The van der Waals surface area contributed by atoms with Crippen LogP contribution in [0.15, 0.2) is 0 Å². The van der Waals surface area contributed by atoms with Crippen molar-refractivity contribution in [3.63, 3.8) is 0 Å². The van der Waals surface area contributed by atoms with Crippen LogP contribution in [0.2, 0.25) is 0 Å². The molecule has 0 unspecified atom stereocenters. The van der Waals surface area contributed by atoms with E-state index in [9.17, 15) is 49.1 Å². The van der Waals surface area contributed by atoms with Gasteiger partial charge in [0.1, 0.15) is 105 Å². The van der Waals surface area contributed by atoms with Gasteiger partial charge in [0, 0.05) is 0 Å². The molecule has 0 radical (unpaired) electrons. The molecule has 0 atom stereocenters. The van der Waals surface area contributed by atoms with E-state index in [0.717, 1.165) is 24.3 Å². The third-order valence-electron chi connectivity index (χ3n) is 6.21. The summed E-state index contributed by atoms with van der Waals surface area (Å²) < 4.78 is 54.5. The Bertz CT molecular complexity index is 2490. The van der Waals surface area contributed by atoms with Crippen molar-refractivity contribution >= 4 is 44.2 Å². The van der Waals surface area contributed by atoms with Crippen molar-refractivity contribution < 1.29 is 17.6 Å². The van der Waals surface area contributed by atoms with E-state index in [0.29, 0.717) is 0 Å². The molecular formula is C31H4F4N16. The summed E-state index contributed by atoms with van der Waals surface area (Å²) in [5, 5.41) is 86.7. The van der Waals surface area contributed by atoms with Gasteiger partial charge in [-0.25, -0.2) is 47.5 Å². The number of aromatic nitrogens is 6. The maximum absolute atomic E-state index is 13.6. The lowest BCUT2D eigenvalue weighted by molar-refractivity contribution is 0.434. The molecular weight excluding hydrogens is 672 g/mol. The van der Waals surface area contributed by atoms with Crippen LogP contribution >= 0.6 is 0 Å². The summed E-state index contributed by atoms with van der Waals surface area (Å²) in [5.41, 5.74) is -4.27. The third kappa shape index (κ3) is 5.82. The fourth-order valence-corrected chi connectivity index (χ4v) is 4.11. The molecule has 0 aliphatic heterocycles. The minimum atomic E-state index is -2.03. The Morgan fingerprint density at radius 3 is 0.608 bits per heavy atom. The van der Waals surface area contributed by atoms with E-state index >= 15 is 0 Å². The van der Waals surface area contributed by atoms with E-state index < -0.39 is 44.9 Å². The summed E-state index contributed by atoms with van der Waals surface area (Å²) in [7, 11) is 0. The highest BCUT2D eigenvalue weighted by Crippen LogP contribution is 2.31. The molecule has 3 aromatic heterocycles. The number of rotatable bonds is 0. The van der Waals surface area contributed by atoms with Gasteiger partial charge in [-0.3, -0.25) is 0 Å². The second kappa shape index (κ2) is 14.5. The van der Waals surface area contributed by atoms with Crippen molar-refractivity contribution in [1.82, 2.24) is 29.9 Å². The van der Waals surface area contributed by atoms with Gasteiger partial charge in [-0.2, -0.15) is 52.6 Å². The third-order valence-corrected chi connectivity index (χ3v) is 6.21. The maximum atomic E-state index is 13.6. The average molecular weight is 676 g/mol. The maximum Gasteiger partial charge on any atom is 0.177 e. The van der Waals surface area contributed by atoms with Crippen molar-refractivity contribution in [3.8, 4) is 60.7 Å². The number of hydrogen-bond acceptors (Lipinski definition) is 16. The highest BCUT2D eigenvalue weighted by Gasteiger charge is 2.24. The molecule has 0 saturated carbocycles. The Hall–Kier alpha value is -9.18. The Morgan fingerprint density at radius 1 is 0.333 bits per heavy atom. The van der Waals surface area contributed by atoms with E-state index in [4.69, 9.17) is 21.0 Å². The number of halogens is 4. The monoisotopic (exact) mass is 676 g/mol. The molecule has 236 valence electrons. The first-order valence-electron chi connectivity index (χ1n) is 12.4. The first-order chi connectivity index (χ1) is 24.0. The molecule has 0 N–H and O–H groups in total. The van der Waals surface area contributed by atoms with Crippen LogP contribution in [0.4, 0.5) is 17.6 Å². The van der Waals surface area contributed by atoms with Gasteiger partial charge < -0.3 is 0 Å². The predicted octanol–water partition coefficient (Wildman–Crippen LogP) is 2.02. The van der Waals surface area contributed by atoms with E-state index in [2.05, 4.69) is 29.9 Å². The second-order valence-corrected chi connectivity index (χ2v) is 8.73. The molecule has 5 rings (SSSR count). The van der Waals surface area contributed by atoms with Crippen LogP contribution in [-0.4, -0.2) is 29.9 Å². The molecule has 0 aliphatic rings. The van der Waals surface area contributed by atoms with Crippen LogP contribution in [0.25, 0.3) is 44.2 Å². The minimum Gasteiger partial charge on any atom is -0.230 e. The van der Waals surface area contributed by atoms with Gasteiger partial charge in [-0.05, 0) is 0 Å². The van der Waals surface area contributed by atoms with Crippen LogP contribution in [0.5, 0.6) is 0 Å². The van der Waals surface area contributed by atoms with E-state index in [1.165, 1.54) is 0 Å². The molecule has 0 saturated heterocycles. The summed E-state index contributed by atoms with van der Waals surface area (Å²) in [4.78, 5) is 24.7. The predicted molar refractivity (Wildman–Crippen MR) is 156 cm³/mol. The van der Waals surface area contributed by atoms with Crippen LogP contribution in [0, 0.1) is 137 Å². The minimum absolute atomic E-state index is 0. The summed E-state index contributed by atoms with van der Waals surface area (Å²) in [5.74, 6) is -8.11. The van der Waals surface area contributed by atoms with Gasteiger partial charge >= 0.3 is 0 Å². The summed E-state index contributed by atoms with van der Waals surface area (Å²) in [6.07, 6.45) is 0. The average Bonchev–Trinajstić information content (AvgIpc) is 3.15. The van der Waals surface area contributed by atoms with Crippen LogP contribution in [0.3, 0.4) is 0 Å². The largest absolute Gasteiger partial charge is 0.230 e. The summed E-state index contributed by atoms with van der Waals surface area (Å²) in [6, 6.07) is 14.8. The quantitative estimate of drug-likeness (QED) is 0.129. The molecule has 0 fully saturated rings. The lowest BCUT2D eigenvalue weighted by Crippen LogP contribution is -2.31. The standard InChI is InChI=1S/C18N12.C12F4N4.CH4/c19-1-7-8(2-20)26-14-13(25-7)15-17(29-10(4-22)9(3-21)27-15)18-16(14)28-11(5-23)12(6-24)30-18;13-9-7(5(1-17)2-18)10(14)12(16)8(11(9)15)6(3-19)4-20;/h;;1H4. The van der Waals surface area contributed by atoms with Crippen molar-refractivity contribution in [3.05, 3.63) is 67.9 Å². The first kappa shape index (κ1) is 36.3. The number of fused-ring (bicyclic) bond motifs is 6. The topological polar surface area (TPSA) is 315 Å². The lowest BCUT2D eigenvalue weighted by atomic mass is 10.1. The van der Waals surface area contributed by atoms with E-state index in [1.54, 1.807) is 36.4 Å². The zero-order valence-corrected chi connectivity index (χ0v) is 23.7. The van der Waals surface area contributed by atoms with Crippen molar-refractivity contribution in [1.29, 1.82) is 52.6 Å². The van der Waals surface area contributed by atoms with Gasteiger partial charge in [0.05, 0.1) is 10.4 Å². The van der Waals surface area contributed by atoms with Crippen molar-refractivity contribution in [2.75, 3.05) is 0 Å². The first-order valence-corrected chi connectivity index (χ1v) is 12.4. The van der Waals surface area contributed by atoms with Gasteiger partial charge in [0.15, 0.2) is 57.4 Å². The molecule has 16 nitrogen and oxygen atoms in total. The highest BCUT2D eigenvalue weighted by atomic mass is 19.2. The second-order valence-electron chi connectivity index (χ2n) is 8.73. The molecule has 0 spiro atoms. The molecule has 0 aliphatic carbocycles. The molecule has 51 heavy (non-hydrogen) atoms. The Balaban J connectivity index is 0.000000294. The Morgan fingerprint density at radius 2 is 0.490 bits per heavy atom. The lowest BCUT2D eigenvalue weighted by Gasteiger charge is -2.09. The number of hydrogen-bond donors (Lipinski definition) is 0. The molecule has 5 aromatic rings. The van der Waals surface area contributed by atoms with Gasteiger partial charge in [0.25, 0.3) is 0 Å². The van der Waals surface area contributed by atoms with Gasteiger partial charge in [-0.1, -0.05) is 7.43 Å². The fourth-order valence-electron chi connectivity index (χ4n) is 4.11. The Labute approximate surface area is 280 Å². The SMILES string of the molecule is C.N#CC(C#N)=c1c(F)c(F)c(=C(C#N)C#N)c(F)c1F.N#Cc1nc2c3nc(C#N)c(C#N)nc3c3nc(C#N)c(C#N)nc3c2nc1C#N. The molecule has 3 heterocycles. The molecule has 0 amide bonds. The van der Waals surface area contributed by atoms with E-state index in [1.807, 2.05) is 0 Å². The number of benzene rings is 2. The smallest absolute Gasteiger partial charge is 0.177 e. The number of nitrogens with zero attached hydrogens (tertiary/aromatic N) is 16. The van der Waals surface area contributed by atoms with Gasteiger partial charge in [-0.15, -0.1) is 0 Å². The normalized spacial score (nSPS) is 9.22. The fraction of sp³-hybridized carbons (Fsp3) is 0.0323. The van der Waals surface area contributed by atoms with Crippen LogP contribution in [0.1, 0.15) is 41.6 Å². The molecule has 2 aromatic carbocycles. The zero-order chi connectivity index (χ0) is 36.9. The summed E-state index contributed by atoms with van der Waals surface area (Å²) in [6.45, 7) is 0. The van der Waals surface area contributed by atoms with Gasteiger partial charge in [0.2, 0.25) is 0 Å². The van der Waals surface area contributed by atoms with Crippen LogP contribution in [-0.2, 0) is 0 Å². The highest BCUT2D eigenvalue weighted by molar-refractivity contribution is 6.18. The van der Waals surface area contributed by atoms with Crippen LogP contribution < -0.4 is 10.4 Å². The molecule has 20 heteroatoms. The zero-order valence-electron chi connectivity index (χ0n) is 23.7. The molecule has 0 bridgehead atoms. The Kier molecular flexibility index (Phi) is 10.3. The van der Waals surface area contributed by atoms with E-state index in [-0.39, 0.29) is 74.7 Å². The number of nitriles is 10. The van der Waals surface area contributed by atoms with Crippen molar-refractivity contribution in [2.45, 2.75) is 7.43 Å². The summed E-state index contributed by atoms with van der Waals surface area (Å²) >= 11 is 0.